The third-order valence-corrected chi connectivity index (χ3v) is 1.85. The zero-order valence-electron chi connectivity index (χ0n) is 7.12. The number of benzene rings is 1. The Morgan fingerprint density at radius 2 is 2.08 bits per heavy atom. The van der Waals surface area contributed by atoms with Gasteiger partial charge in [-0.2, -0.15) is 0 Å². The lowest BCUT2D eigenvalue weighted by molar-refractivity contribution is 0.399. The summed E-state index contributed by atoms with van der Waals surface area (Å²) in [6.45, 7) is 0. The number of pyridine rings is 1. The molecule has 2 aromatic rings. The van der Waals surface area contributed by atoms with E-state index in [2.05, 4.69) is 4.98 Å². The van der Waals surface area contributed by atoms with Crippen LogP contribution in [0.25, 0.3) is 10.9 Å². The lowest BCUT2D eigenvalue weighted by atomic mass is 10.2. The Bertz CT molecular complexity index is 442. The third kappa shape index (κ3) is 1.33. The minimum absolute atomic E-state index is 0.323. The molecule has 0 spiro atoms. The van der Waals surface area contributed by atoms with Crippen molar-refractivity contribution >= 4 is 10.9 Å². The normalized spacial score (nSPS) is 10.3. The molecule has 0 aliphatic rings. The molecule has 1 heterocycles. The Morgan fingerprint density at radius 3 is 2.85 bits per heavy atom. The number of ether oxygens (including phenoxy) is 1. The second-order valence-electron chi connectivity index (χ2n) is 2.67. The standard InChI is InChI=1S/C10H8FNO/c1-13-9-6-5-7-3-2-4-8(11)10(7)12-9/h2-6H,1H3. The Kier molecular flexibility index (Phi) is 1.85. The van der Waals surface area contributed by atoms with Crippen LogP contribution in [0.4, 0.5) is 4.39 Å². The maximum atomic E-state index is 13.2. The average molecular weight is 177 g/mol. The van der Waals surface area contributed by atoms with Gasteiger partial charge in [0.2, 0.25) is 5.88 Å². The fourth-order valence-corrected chi connectivity index (χ4v) is 1.21. The summed E-state index contributed by atoms with van der Waals surface area (Å²) in [5.74, 6) is 0.106. The smallest absolute Gasteiger partial charge is 0.213 e. The topological polar surface area (TPSA) is 22.1 Å². The van der Waals surface area contributed by atoms with E-state index in [0.717, 1.165) is 5.39 Å². The SMILES string of the molecule is COc1ccc2cccc(F)c2n1. The first kappa shape index (κ1) is 7.98. The average Bonchev–Trinajstić information content (AvgIpc) is 2.18. The third-order valence-electron chi connectivity index (χ3n) is 1.85. The van der Waals surface area contributed by atoms with Gasteiger partial charge in [-0.3, -0.25) is 0 Å². The van der Waals surface area contributed by atoms with Gasteiger partial charge in [0, 0.05) is 11.5 Å². The van der Waals surface area contributed by atoms with Crippen molar-refractivity contribution in [1.29, 1.82) is 0 Å². The summed E-state index contributed by atoms with van der Waals surface area (Å²) in [7, 11) is 1.51. The number of hydrogen-bond donors (Lipinski definition) is 0. The Labute approximate surface area is 75.0 Å². The molecule has 0 amide bonds. The second-order valence-corrected chi connectivity index (χ2v) is 2.67. The fourth-order valence-electron chi connectivity index (χ4n) is 1.21. The lowest BCUT2D eigenvalue weighted by Crippen LogP contribution is -1.89. The Hall–Kier alpha value is -1.64. The van der Waals surface area contributed by atoms with Crippen LogP contribution in [0.5, 0.6) is 5.88 Å². The molecule has 0 bridgehead atoms. The van der Waals surface area contributed by atoms with Crippen LogP contribution in [0.15, 0.2) is 30.3 Å². The molecule has 2 nitrogen and oxygen atoms in total. The van der Waals surface area contributed by atoms with Crippen LogP contribution in [0, 0.1) is 5.82 Å². The lowest BCUT2D eigenvalue weighted by Gasteiger charge is -2.01. The minimum Gasteiger partial charge on any atom is -0.481 e. The summed E-state index contributed by atoms with van der Waals surface area (Å²) in [5.41, 5.74) is 0.349. The molecule has 0 unspecified atom stereocenters. The number of aromatic nitrogens is 1. The number of rotatable bonds is 1. The van der Waals surface area contributed by atoms with Crippen LogP contribution in [0.1, 0.15) is 0 Å². The van der Waals surface area contributed by atoms with Crippen LogP contribution in [0.2, 0.25) is 0 Å². The monoisotopic (exact) mass is 177 g/mol. The highest BCUT2D eigenvalue weighted by Crippen LogP contribution is 2.18. The number of hydrogen-bond acceptors (Lipinski definition) is 2. The zero-order chi connectivity index (χ0) is 9.26. The van der Waals surface area contributed by atoms with Crippen LogP contribution in [-0.4, -0.2) is 12.1 Å². The van der Waals surface area contributed by atoms with Gasteiger partial charge in [0.15, 0.2) is 0 Å². The number of para-hydroxylation sites is 1. The largest absolute Gasteiger partial charge is 0.481 e. The maximum absolute atomic E-state index is 13.2. The highest BCUT2D eigenvalue weighted by molar-refractivity contribution is 5.79. The number of fused-ring (bicyclic) bond motifs is 1. The van der Waals surface area contributed by atoms with E-state index < -0.39 is 0 Å². The molecule has 0 radical (unpaired) electrons. The summed E-state index contributed by atoms with van der Waals surface area (Å²) < 4.78 is 18.1. The van der Waals surface area contributed by atoms with Crippen molar-refractivity contribution in [1.82, 2.24) is 4.98 Å². The first-order valence-corrected chi connectivity index (χ1v) is 3.90. The number of nitrogens with zero attached hydrogens (tertiary/aromatic N) is 1. The minimum atomic E-state index is -0.323. The molecule has 0 fully saturated rings. The molecule has 0 aliphatic heterocycles. The van der Waals surface area contributed by atoms with Gasteiger partial charge in [-0.25, -0.2) is 9.37 Å². The van der Waals surface area contributed by atoms with Gasteiger partial charge in [-0.05, 0) is 12.1 Å². The summed E-state index contributed by atoms with van der Waals surface area (Å²) in [4.78, 5) is 4.00. The van der Waals surface area contributed by atoms with Crippen molar-refractivity contribution < 1.29 is 9.13 Å². The highest BCUT2D eigenvalue weighted by atomic mass is 19.1. The van der Waals surface area contributed by atoms with Gasteiger partial charge in [0.05, 0.1) is 7.11 Å². The maximum Gasteiger partial charge on any atom is 0.213 e. The van der Waals surface area contributed by atoms with Gasteiger partial charge >= 0.3 is 0 Å². The summed E-state index contributed by atoms with van der Waals surface area (Å²) in [6, 6.07) is 8.34. The molecule has 0 atom stereocenters. The van der Waals surface area contributed by atoms with E-state index in [0.29, 0.717) is 11.4 Å². The van der Waals surface area contributed by atoms with Crippen molar-refractivity contribution in [3.63, 3.8) is 0 Å². The molecule has 0 aliphatic carbocycles. The molecule has 0 saturated heterocycles. The molecule has 0 N–H and O–H groups in total. The molecule has 2 rings (SSSR count). The van der Waals surface area contributed by atoms with Crippen LogP contribution >= 0.6 is 0 Å². The zero-order valence-corrected chi connectivity index (χ0v) is 7.12. The molecule has 3 heteroatoms. The van der Waals surface area contributed by atoms with Gasteiger partial charge in [-0.1, -0.05) is 12.1 Å². The predicted octanol–water partition coefficient (Wildman–Crippen LogP) is 2.38. The summed E-state index contributed by atoms with van der Waals surface area (Å²) in [6.07, 6.45) is 0. The van der Waals surface area contributed by atoms with Crippen molar-refractivity contribution in [2.45, 2.75) is 0 Å². The molecule has 1 aromatic heterocycles. The molecular weight excluding hydrogens is 169 g/mol. The van der Waals surface area contributed by atoms with Crippen molar-refractivity contribution in [3.05, 3.63) is 36.1 Å². The molecule has 0 saturated carbocycles. The number of methoxy groups -OCH3 is 1. The molecule has 66 valence electrons. The second kappa shape index (κ2) is 3.01. The molecular formula is C10H8FNO. The van der Waals surface area contributed by atoms with E-state index in [-0.39, 0.29) is 5.82 Å². The van der Waals surface area contributed by atoms with Crippen LogP contribution in [0.3, 0.4) is 0 Å². The first-order valence-electron chi connectivity index (χ1n) is 3.90. The van der Waals surface area contributed by atoms with E-state index in [9.17, 15) is 4.39 Å². The van der Waals surface area contributed by atoms with Crippen LogP contribution in [-0.2, 0) is 0 Å². The van der Waals surface area contributed by atoms with Crippen LogP contribution < -0.4 is 4.74 Å². The van der Waals surface area contributed by atoms with E-state index in [1.165, 1.54) is 13.2 Å². The van der Waals surface area contributed by atoms with Crippen molar-refractivity contribution in [2.75, 3.05) is 7.11 Å². The summed E-state index contributed by atoms with van der Waals surface area (Å²) in [5, 5.41) is 0.779. The quantitative estimate of drug-likeness (QED) is 0.667. The molecule has 1 aromatic carbocycles. The van der Waals surface area contributed by atoms with Gasteiger partial charge in [0.1, 0.15) is 11.3 Å². The predicted molar refractivity (Wildman–Crippen MR) is 48.3 cm³/mol. The van der Waals surface area contributed by atoms with Gasteiger partial charge in [0.25, 0.3) is 0 Å². The van der Waals surface area contributed by atoms with Gasteiger partial charge < -0.3 is 4.74 Å². The van der Waals surface area contributed by atoms with E-state index >= 15 is 0 Å². The Morgan fingerprint density at radius 1 is 1.23 bits per heavy atom. The van der Waals surface area contributed by atoms with Gasteiger partial charge in [-0.15, -0.1) is 0 Å². The highest BCUT2D eigenvalue weighted by Gasteiger charge is 2.02. The van der Waals surface area contributed by atoms with E-state index in [4.69, 9.17) is 4.74 Å². The van der Waals surface area contributed by atoms with Crippen molar-refractivity contribution in [2.24, 2.45) is 0 Å². The summed E-state index contributed by atoms with van der Waals surface area (Å²) >= 11 is 0. The number of halogens is 1. The Balaban J connectivity index is 2.74. The van der Waals surface area contributed by atoms with E-state index in [1.807, 2.05) is 6.07 Å². The van der Waals surface area contributed by atoms with E-state index in [1.54, 1.807) is 18.2 Å². The van der Waals surface area contributed by atoms with Crippen molar-refractivity contribution in [3.8, 4) is 5.88 Å². The molecule has 13 heavy (non-hydrogen) atoms. The first-order chi connectivity index (χ1) is 6.31. The fraction of sp³-hybridized carbons (Fsp3) is 0.100.